The van der Waals surface area contributed by atoms with Gasteiger partial charge in [-0.3, -0.25) is 4.79 Å². The number of rotatable bonds is 5. The minimum absolute atomic E-state index is 0.161. The highest BCUT2D eigenvalue weighted by Crippen LogP contribution is 2.44. The molecule has 0 unspecified atom stereocenters. The van der Waals surface area contributed by atoms with Crippen molar-refractivity contribution in [3.05, 3.63) is 53.3 Å². The summed E-state index contributed by atoms with van der Waals surface area (Å²) in [6, 6.07) is 10.0. The fourth-order valence-corrected chi connectivity index (χ4v) is 4.19. The largest absolute Gasteiger partial charge is 0.496 e. The molecule has 4 rings (SSSR count). The van der Waals surface area contributed by atoms with Gasteiger partial charge in [0.15, 0.2) is 11.5 Å². The summed E-state index contributed by atoms with van der Waals surface area (Å²) in [5.41, 5.74) is 1.19. The standard InChI is InChI=1S/C22H24FNO4/c1-26-18-7-5-16(23)13-17(18)21(25)24-14-22(8-2-3-9-22)15-4-6-19-20(12-15)28-11-10-27-19/h4-7,12-13H,2-3,8-11,14H2,1H3,(H,24,25). The summed E-state index contributed by atoms with van der Waals surface area (Å²) < 4.78 is 30.2. The maximum absolute atomic E-state index is 13.6. The van der Waals surface area contributed by atoms with Crippen molar-refractivity contribution in [2.24, 2.45) is 0 Å². The van der Waals surface area contributed by atoms with Crippen LogP contribution in [0.5, 0.6) is 17.2 Å². The molecule has 28 heavy (non-hydrogen) atoms. The molecule has 5 nitrogen and oxygen atoms in total. The molecule has 0 radical (unpaired) electrons. The summed E-state index contributed by atoms with van der Waals surface area (Å²) in [4.78, 5) is 12.7. The van der Waals surface area contributed by atoms with Gasteiger partial charge in [-0.1, -0.05) is 18.9 Å². The van der Waals surface area contributed by atoms with Crippen LogP contribution in [0.3, 0.4) is 0 Å². The Balaban J connectivity index is 1.56. The Morgan fingerprint density at radius 1 is 1.11 bits per heavy atom. The third-order valence-electron chi connectivity index (χ3n) is 5.71. The van der Waals surface area contributed by atoms with Crippen LogP contribution in [-0.2, 0) is 5.41 Å². The molecule has 2 aromatic rings. The maximum Gasteiger partial charge on any atom is 0.255 e. The molecule has 1 N–H and O–H groups in total. The summed E-state index contributed by atoms with van der Waals surface area (Å²) in [6.07, 6.45) is 4.17. The van der Waals surface area contributed by atoms with Crippen molar-refractivity contribution in [3.8, 4) is 17.2 Å². The number of nitrogens with one attached hydrogen (secondary N) is 1. The Hall–Kier alpha value is -2.76. The van der Waals surface area contributed by atoms with E-state index < -0.39 is 5.82 Å². The molecule has 148 valence electrons. The van der Waals surface area contributed by atoms with Crippen molar-refractivity contribution in [1.29, 1.82) is 0 Å². The van der Waals surface area contributed by atoms with E-state index in [9.17, 15) is 9.18 Å². The van der Waals surface area contributed by atoms with E-state index in [-0.39, 0.29) is 16.9 Å². The van der Waals surface area contributed by atoms with Gasteiger partial charge in [0.1, 0.15) is 24.8 Å². The number of halogens is 1. The van der Waals surface area contributed by atoms with Crippen LogP contribution in [0.2, 0.25) is 0 Å². The van der Waals surface area contributed by atoms with E-state index in [0.29, 0.717) is 25.5 Å². The molecule has 1 fully saturated rings. The second-order valence-corrected chi connectivity index (χ2v) is 7.37. The molecule has 0 bridgehead atoms. The molecule has 0 atom stereocenters. The summed E-state index contributed by atoms with van der Waals surface area (Å²) in [5.74, 6) is 1.08. The molecule has 2 aromatic carbocycles. The van der Waals surface area contributed by atoms with Gasteiger partial charge in [-0.25, -0.2) is 4.39 Å². The predicted molar refractivity (Wildman–Crippen MR) is 103 cm³/mol. The van der Waals surface area contributed by atoms with Crippen LogP contribution in [0.25, 0.3) is 0 Å². The summed E-state index contributed by atoms with van der Waals surface area (Å²) in [5, 5.41) is 3.00. The van der Waals surface area contributed by atoms with Crippen LogP contribution in [0.15, 0.2) is 36.4 Å². The Morgan fingerprint density at radius 2 is 1.86 bits per heavy atom. The van der Waals surface area contributed by atoms with Crippen molar-refractivity contribution in [2.75, 3.05) is 26.9 Å². The number of hydrogen-bond acceptors (Lipinski definition) is 4. The van der Waals surface area contributed by atoms with E-state index in [4.69, 9.17) is 14.2 Å². The number of carbonyl (C=O) groups is 1. The maximum atomic E-state index is 13.6. The fourth-order valence-electron chi connectivity index (χ4n) is 4.19. The number of fused-ring (bicyclic) bond motifs is 1. The van der Waals surface area contributed by atoms with E-state index >= 15 is 0 Å². The summed E-state index contributed by atoms with van der Waals surface area (Å²) in [7, 11) is 1.47. The van der Waals surface area contributed by atoms with Crippen molar-refractivity contribution < 1.29 is 23.4 Å². The first kappa shape index (κ1) is 18.6. The quantitative estimate of drug-likeness (QED) is 0.850. The number of benzene rings is 2. The van der Waals surface area contributed by atoms with E-state index in [0.717, 1.165) is 42.7 Å². The van der Waals surface area contributed by atoms with Crippen LogP contribution >= 0.6 is 0 Å². The molecule has 1 heterocycles. The van der Waals surface area contributed by atoms with Gasteiger partial charge in [0.2, 0.25) is 0 Å². The first-order valence-corrected chi connectivity index (χ1v) is 9.63. The fraction of sp³-hybridized carbons (Fsp3) is 0.409. The van der Waals surface area contributed by atoms with E-state index in [1.54, 1.807) is 0 Å². The molecule has 1 amide bonds. The average molecular weight is 385 g/mol. The topological polar surface area (TPSA) is 56.8 Å². The van der Waals surface area contributed by atoms with Crippen LogP contribution in [-0.4, -0.2) is 32.8 Å². The zero-order valence-corrected chi connectivity index (χ0v) is 15.9. The van der Waals surface area contributed by atoms with Gasteiger partial charge >= 0.3 is 0 Å². The summed E-state index contributed by atoms with van der Waals surface area (Å²) in [6.45, 7) is 1.58. The molecular formula is C22H24FNO4. The second-order valence-electron chi connectivity index (χ2n) is 7.37. The monoisotopic (exact) mass is 385 g/mol. The number of amides is 1. The Morgan fingerprint density at radius 3 is 2.61 bits per heavy atom. The highest BCUT2D eigenvalue weighted by molar-refractivity contribution is 5.97. The highest BCUT2D eigenvalue weighted by atomic mass is 19.1. The van der Waals surface area contributed by atoms with Crippen molar-refractivity contribution in [3.63, 3.8) is 0 Å². The first-order valence-electron chi connectivity index (χ1n) is 9.63. The van der Waals surface area contributed by atoms with Gasteiger partial charge in [-0.2, -0.15) is 0 Å². The zero-order valence-electron chi connectivity index (χ0n) is 15.9. The van der Waals surface area contributed by atoms with Crippen molar-refractivity contribution in [2.45, 2.75) is 31.1 Å². The highest BCUT2D eigenvalue weighted by Gasteiger charge is 2.37. The van der Waals surface area contributed by atoms with Crippen LogP contribution < -0.4 is 19.5 Å². The molecule has 1 saturated carbocycles. The van der Waals surface area contributed by atoms with Crippen LogP contribution in [0.4, 0.5) is 4.39 Å². The van der Waals surface area contributed by atoms with Gasteiger partial charge < -0.3 is 19.5 Å². The second kappa shape index (κ2) is 7.70. The lowest BCUT2D eigenvalue weighted by Crippen LogP contribution is -2.39. The molecule has 0 saturated heterocycles. The first-order chi connectivity index (χ1) is 13.6. The molecule has 0 spiro atoms. The van der Waals surface area contributed by atoms with Crippen LogP contribution in [0, 0.1) is 5.82 Å². The SMILES string of the molecule is COc1ccc(F)cc1C(=O)NCC1(c2ccc3c(c2)OCCO3)CCCC1. The van der Waals surface area contributed by atoms with Crippen molar-refractivity contribution >= 4 is 5.91 Å². The van der Waals surface area contributed by atoms with Gasteiger partial charge in [-0.05, 0) is 48.7 Å². The summed E-state index contributed by atoms with van der Waals surface area (Å²) >= 11 is 0. The lowest BCUT2D eigenvalue weighted by atomic mass is 9.78. The number of carbonyl (C=O) groups excluding carboxylic acids is 1. The minimum Gasteiger partial charge on any atom is -0.496 e. The molecule has 2 aliphatic rings. The zero-order chi connectivity index (χ0) is 19.6. The van der Waals surface area contributed by atoms with Crippen molar-refractivity contribution in [1.82, 2.24) is 5.32 Å². The number of ether oxygens (including phenoxy) is 3. The predicted octanol–water partition coefficient (Wildman–Crippen LogP) is 3.85. The third-order valence-corrected chi connectivity index (χ3v) is 5.71. The average Bonchev–Trinajstić information content (AvgIpc) is 3.22. The molecule has 1 aliphatic carbocycles. The van der Waals surface area contributed by atoms with E-state index in [1.807, 2.05) is 12.1 Å². The lowest BCUT2D eigenvalue weighted by Gasteiger charge is -2.31. The molecular weight excluding hydrogens is 361 g/mol. The number of methoxy groups -OCH3 is 1. The van der Waals surface area contributed by atoms with Gasteiger partial charge in [0.05, 0.1) is 12.7 Å². The smallest absolute Gasteiger partial charge is 0.255 e. The third kappa shape index (κ3) is 3.51. The van der Waals surface area contributed by atoms with E-state index in [2.05, 4.69) is 11.4 Å². The Bertz CT molecular complexity index is 877. The minimum atomic E-state index is -0.464. The Labute approximate surface area is 163 Å². The molecule has 1 aliphatic heterocycles. The van der Waals surface area contributed by atoms with Gasteiger partial charge in [0.25, 0.3) is 5.91 Å². The van der Waals surface area contributed by atoms with Gasteiger partial charge in [-0.15, -0.1) is 0 Å². The number of hydrogen-bond donors (Lipinski definition) is 1. The molecule has 0 aromatic heterocycles. The normalized spacial score (nSPS) is 17.2. The molecule has 6 heteroatoms. The Kier molecular flexibility index (Phi) is 5.11. The van der Waals surface area contributed by atoms with Crippen LogP contribution in [0.1, 0.15) is 41.6 Å². The van der Waals surface area contributed by atoms with Gasteiger partial charge in [0, 0.05) is 12.0 Å². The lowest BCUT2D eigenvalue weighted by molar-refractivity contribution is 0.0939. The van der Waals surface area contributed by atoms with E-state index in [1.165, 1.54) is 25.3 Å².